The zero-order valence-electron chi connectivity index (χ0n) is 29.8. The Hall–Kier alpha value is -3.77. The number of nitrogens with two attached hydrogens (primary N) is 1. The van der Waals surface area contributed by atoms with E-state index in [0.717, 1.165) is 85.8 Å². The molecule has 12 heteroatoms. The van der Waals surface area contributed by atoms with Crippen molar-refractivity contribution in [1.29, 1.82) is 0 Å². The van der Waals surface area contributed by atoms with E-state index in [2.05, 4.69) is 45.4 Å². The molecular weight excluding hydrogens is 622 g/mol. The van der Waals surface area contributed by atoms with Crippen molar-refractivity contribution in [3.8, 4) is 0 Å². The van der Waals surface area contributed by atoms with E-state index in [-0.39, 0.29) is 37.3 Å². The Morgan fingerprint density at radius 2 is 1.33 bits per heavy atom. The van der Waals surface area contributed by atoms with Gasteiger partial charge in [0.1, 0.15) is 11.3 Å². The van der Waals surface area contributed by atoms with Crippen LogP contribution in [0.3, 0.4) is 0 Å². The van der Waals surface area contributed by atoms with E-state index in [0.29, 0.717) is 38.6 Å². The molecule has 0 radical (unpaired) electrons. The first-order chi connectivity index (χ1) is 23.9. The number of para-hydroxylation sites is 1. The number of carbonyl (C=O) groups is 3. The van der Waals surface area contributed by atoms with Crippen molar-refractivity contribution >= 4 is 45.5 Å². The van der Waals surface area contributed by atoms with Gasteiger partial charge >= 0.3 is 0 Å². The maximum absolute atomic E-state index is 12.3. The molecule has 3 aromatic rings. The second kappa shape index (κ2) is 23.6. The number of unbranched alkanes of at least 4 members (excludes halogenated alkanes) is 8. The standard InChI is InChI=1S/C37H59N7O5/c1-3-5-7-8-9-10-13-21-39-32(45)19-24-48-26-27-49-25-20-33(46)41-28-34(47)40-22-14-15-23-44-31(18-6-4-2)43-35-36(44)29-16-11-12-17-30(29)42-37(35)38/h11-12,16-17H,3-10,13-15,18-28H2,1-2H3,(H2,38,42)(H,39,45)(H,40,47)(H,41,46). The van der Waals surface area contributed by atoms with Crippen LogP contribution in [-0.4, -0.2) is 78.3 Å². The molecule has 0 bridgehead atoms. The minimum atomic E-state index is -0.249. The van der Waals surface area contributed by atoms with Crippen LogP contribution in [0.5, 0.6) is 0 Å². The molecule has 2 aromatic heterocycles. The van der Waals surface area contributed by atoms with Crippen molar-refractivity contribution in [2.45, 2.75) is 110 Å². The third-order valence-electron chi connectivity index (χ3n) is 8.44. The molecule has 0 spiro atoms. The van der Waals surface area contributed by atoms with Crippen LogP contribution in [0.25, 0.3) is 21.9 Å². The summed E-state index contributed by atoms with van der Waals surface area (Å²) in [6.07, 6.45) is 13.6. The quantitative estimate of drug-likeness (QED) is 0.0798. The Morgan fingerprint density at radius 3 is 2.04 bits per heavy atom. The lowest BCUT2D eigenvalue weighted by atomic mass is 10.1. The second-order valence-corrected chi connectivity index (χ2v) is 12.5. The molecule has 3 amide bonds. The fourth-order valence-corrected chi connectivity index (χ4v) is 5.67. The largest absolute Gasteiger partial charge is 0.382 e. The zero-order chi connectivity index (χ0) is 35.1. The molecule has 1 aromatic carbocycles. The summed E-state index contributed by atoms with van der Waals surface area (Å²) in [4.78, 5) is 45.7. The van der Waals surface area contributed by atoms with Crippen molar-refractivity contribution < 1.29 is 23.9 Å². The van der Waals surface area contributed by atoms with Crippen LogP contribution in [0.2, 0.25) is 0 Å². The number of ether oxygens (including phenoxy) is 2. The van der Waals surface area contributed by atoms with Gasteiger partial charge in [0.15, 0.2) is 5.82 Å². The molecule has 5 N–H and O–H groups in total. The number of imidazole rings is 1. The van der Waals surface area contributed by atoms with Crippen molar-refractivity contribution in [1.82, 2.24) is 30.5 Å². The molecule has 0 unspecified atom stereocenters. The fraction of sp³-hybridized carbons (Fsp3) is 0.649. The van der Waals surface area contributed by atoms with Gasteiger partial charge < -0.3 is 35.7 Å². The first-order valence-electron chi connectivity index (χ1n) is 18.4. The predicted molar refractivity (Wildman–Crippen MR) is 195 cm³/mol. The van der Waals surface area contributed by atoms with Crippen molar-refractivity contribution in [3.05, 3.63) is 30.1 Å². The molecule has 0 aliphatic rings. The number of carbonyl (C=O) groups excluding carboxylic acids is 3. The number of pyridine rings is 1. The third kappa shape index (κ3) is 14.7. The number of aromatic nitrogens is 3. The molecule has 12 nitrogen and oxygen atoms in total. The summed E-state index contributed by atoms with van der Waals surface area (Å²) in [6, 6.07) is 7.99. The Morgan fingerprint density at radius 1 is 0.714 bits per heavy atom. The SMILES string of the molecule is CCCCCCCCCNC(=O)CCOCCOCCC(=O)NCC(=O)NCCCCn1c(CCCC)nc2c(N)nc3ccccc3c21. The minimum Gasteiger partial charge on any atom is -0.382 e. The van der Waals surface area contributed by atoms with Gasteiger partial charge in [0.2, 0.25) is 17.7 Å². The lowest BCUT2D eigenvalue weighted by molar-refractivity contribution is -0.126. The first kappa shape index (κ1) is 39.7. The summed E-state index contributed by atoms with van der Waals surface area (Å²) in [5.74, 6) is 0.988. The number of rotatable bonds is 27. The maximum atomic E-state index is 12.3. The highest BCUT2D eigenvalue weighted by Gasteiger charge is 2.17. The Balaban J connectivity index is 1.21. The highest BCUT2D eigenvalue weighted by molar-refractivity contribution is 6.06. The van der Waals surface area contributed by atoms with Crippen molar-refractivity contribution in [2.24, 2.45) is 0 Å². The van der Waals surface area contributed by atoms with Gasteiger partial charge in [-0.2, -0.15) is 0 Å². The summed E-state index contributed by atoms with van der Waals surface area (Å²) in [5, 5.41) is 9.50. The molecule has 0 aliphatic carbocycles. The number of nitrogens with one attached hydrogen (secondary N) is 3. The van der Waals surface area contributed by atoms with E-state index in [1.54, 1.807) is 0 Å². The van der Waals surface area contributed by atoms with Crippen LogP contribution in [0.15, 0.2) is 24.3 Å². The summed E-state index contributed by atoms with van der Waals surface area (Å²) < 4.78 is 13.2. The molecule has 3 rings (SSSR count). The molecule has 49 heavy (non-hydrogen) atoms. The average Bonchev–Trinajstić information content (AvgIpc) is 3.47. The smallest absolute Gasteiger partial charge is 0.239 e. The summed E-state index contributed by atoms with van der Waals surface area (Å²) >= 11 is 0. The number of hydrogen-bond donors (Lipinski definition) is 4. The molecular formula is C37H59N7O5. The monoisotopic (exact) mass is 681 g/mol. The van der Waals surface area contributed by atoms with Crippen LogP contribution < -0.4 is 21.7 Å². The molecule has 0 saturated heterocycles. The lowest BCUT2D eigenvalue weighted by Gasteiger charge is -2.11. The van der Waals surface area contributed by atoms with E-state index < -0.39 is 0 Å². The van der Waals surface area contributed by atoms with E-state index in [4.69, 9.17) is 20.2 Å². The Labute approximate surface area is 291 Å². The van der Waals surface area contributed by atoms with Crippen LogP contribution in [0.4, 0.5) is 5.82 Å². The number of anilines is 1. The van der Waals surface area contributed by atoms with E-state index in [1.165, 1.54) is 32.1 Å². The Bertz CT molecular complexity index is 1430. The number of fused-ring (bicyclic) bond motifs is 3. The third-order valence-corrected chi connectivity index (χ3v) is 8.44. The molecule has 0 fully saturated rings. The number of amides is 3. The minimum absolute atomic E-state index is 0.00462. The second-order valence-electron chi connectivity index (χ2n) is 12.5. The van der Waals surface area contributed by atoms with Gasteiger partial charge in [0.25, 0.3) is 0 Å². The fourth-order valence-electron chi connectivity index (χ4n) is 5.67. The van der Waals surface area contributed by atoms with Gasteiger partial charge in [-0.3, -0.25) is 14.4 Å². The van der Waals surface area contributed by atoms with Gasteiger partial charge in [0.05, 0.1) is 44.0 Å². The van der Waals surface area contributed by atoms with Crippen LogP contribution in [0.1, 0.15) is 103 Å². The van der Waals surface area contributed by atoms with E-state index in [9.17, 15) is 14.4 Å². The number of benzene rings is 1. The van der Waals surface area contributed by atoms with E-state index >= 15 is 0 Å². The van der Waals surface area contributed by atoms with Crippen LogP contribution in [0, 0.1) is 0 Å². The predicted octanol–water partition coefficient (Wildman–Crippen LogP) is 5.20. The number of nitrogens with zero attached hydrogens (tertiary/aromatic N) is 3. The highest BCUT2D eigenvalue weighted by atomic mass is 16.5. The van der Waals surface area contributed by atoms with Gasteiger partial charge in [-0.05, 0) is 31.7 Å². The summed E-state index contributed by atoms with van der Waals surface area (Å²) in [5.41, 5.74) is 8.92. The molecule has 0 atom stereocenters. The summed E-state index contributed by atoms with van der Waals surface area (Å²) in [7, 11) is 0. The topological polar surface area (TPSA) is 162 Å². The first-order valence-corrected chi connectivity index (χ1v) is 18.4. The number of hydrogen-bond acceptors (Lipinski definition) is 8. The van der Waals surface area contributed by atoms with Crippen LogP contribution in [-0.2, 0) is 36.8 Å². The van der Waals surface area contributed by atoms with Gasteiger partial charge in [0, 0.05) is 44.3 Å². The normalized spacial score (nSPS) is 11.3. The van der Waals surface area contributed by atoms with Gasteiger partial charge in [-0.15, -0.1) is 0 Å². The maximum Gasteiger partial charge on any atom is 0.239 e. The average molecular weight is 682 g/mol. The lowest BCUT2D eigenvalue weighted by Crippen LogP contribution is -2.37. The van der Waals surface area contributed by atoms with Gasteiger partial charge in [-0.25, -0.2) is 9.97 Å². The number of aryl methyl sites for hydroxylation is 2. The molecule has 272 valence electrons. The summed E-state index contributed by atoms with van der Waals surface area (Å²) in [6.45, 7) is 7.56. The molecule has 2 heterocycles. The van der Waals surface area contributed by atoms with Crippen LogP contribution >= 0.6 is 0 Å². The van der Waals surface area contributed by atoms with Gasteiger partial charge in [-0.1, -0.05) is 77.0 Å². The van der Waals surface area contributed by atoms with E-state index in [1.807, 2.05) is 18.2 Å². The van der Waals surface area contributed by atoms with Crippen molar-refractivity contribution in [2.75, 3.05) is 51.8 Å². The molecule has 0 saturated carbocycles. The molecule has 0 aliphatic heterocycles. The highest BCUT2D eigenvalue weighted by Crippen LogP contribution is 2.29. The zero-order valence-corrected chi connectivity index (χ0v) is 29.8. The number of nitrogen functional groups attached to an aromatic ring is 1. The Kier molecular flexibility index (Phi) is 19.1. The van der Waals surface area contributed by atoms with Crippen molar-refractivity contribution in [3.63, 3.8) is 0 Å².